The summed E-state index contributed by atoms with van der Waals surface area (Å²) in [5.74, 6) is 0. The number of thioether (sulfide) groups is 1. The van der Waals surface area contributed by atoms with Gasteiger partial charge in [0.1, 0.15) is 0 Å². The highest BCUT2D eigenvalue weighted by molar-refractivity contribution is 14.1. The van der Waals surface area contributed by atoms with Gasteiger partial charge in [-0.25, -0.2) is 0 Å². The van der Waals surface area contributed by atoms with Gasteiger partial charge >= 0.3 is 0 Å². The van der Waals surface area contributed by atoms with Gasteiger partial charge in [0, 0.05) is 8.48 Å². The molecule has 1 aromatic carbocycles. The maximum Gasteiger partial charge on any atom is 0.0902 e. The molecule has 1 nitrogen and oxygen atoms in total. The third-order valence-corrected chi connectivity index (χ3v) is 4.58. The normalized spacial score (nSPS) is 13.0. The molecule has 1 aromatic rings. The summed E-state index contributed by atoms with van der Waals surface area (Å²) >= 11 is 3.79. The Morgan fingerprint density at radius 1 is 1.36 bits per heavy atom. The van der Waals surface area contributed by atoms with Gasteiger partial charge in [-0.15, -0.1) is 0 Å². The van der Waals surface area contributed by atoms with E-state index in [1.165, 1.54) is 4.90 Å². The molecule has 76 valence electrons. The zero-order valence-corrected chi connectivity index (χ0v) is 11.2. The third-order valence-electron chi connectivity index (χ3n) is 1.63. The zero-order chi connectivity index (χ0) is 10.6. The molecule has 0 bridgehead atoms. The Morgan fingerprint density at radius 3 is 2.43 bits per heavy atom. The summed E-state index contributed by atoms with van der Waals surface area (Å²) in [6, 6.07) is 10.1. The Bertz CT molecular complexity index is 314. The lowest BCUT2D eigenvalue weighted by Crippen LogP contribution is -2.17. The highest BCUT2D eigenvalue weighted by Gasteiger charge is 2.15. The zero-order valence-electron chi connectivity index (χ0n) is 8.20. The van der Waals surface area contributed by atoms with Crippen molar-refractivity contribution in [2.24, 2.45) is 0 Å². The molecule has 0 saturated carbocycles. The Balaban J connectivity index is 2.65. The SMILES string of the molecule is CC(C)(O)/C(I)=C\Sc1ccccc1. The Labute approximate surface area is 103 Å². The molecule has 0 spiro atoms. The van der Waals surface area contributed by atoms with Crippen LogP contribution in [0.3, 0.4) is 0 Å². The van der Waals surface area contributed by atoms with Crippen molar-refractivity contribution in [3.8, 4) is 0 Å². The van der Waals surface area contributed by atoms with E-state index >= 15 is 0 Å². The van der Waals surface area contributed by atoms with Crippen LogP contribution in [-0.2, 0) is 0 Å². The first-order valence-electron chi connectivity index (χ1n) is 4.30. The molecule has 14 heavy (non-hydrogen) atoms. The van der Waals surface area contributed by atoms with Crippen molar-refractivity contribution in [1.29, 1.82) is 0 Å². The number of hydrogen-bond acceptors (Lipinski definition) is 2. The van der Waals surface area contributed by atoms with Crippen molar-refractivity contribution in [1.82, 2.24) is 0 Å². The summed E-state index contributed by atoms with van der Waals surface area (Å²) in [6.07, 6.45) is 0. The van der Waals surface area contributed by atoms with Crippen molar-refractivity contribution < 1.29 is 5.11 Å². The van der Waals surface area contributed by atoms with Crippen molar-refractivity contribution in [2.45, 2.75) is 24.3 Å². The van der Waals surface area contributed by atoms with E-state index in [1.807, 2.05) is 23.6 Å². The Hall–Kier alpha value is -0.000000000000000111. The summed E-state index contributed by atoms with van der Waals surface area (Å²) in [6.45, 7) is 3.58. The second kappa shape index (κ2) is 5.19. The van der Waals surface area contributed by atoms with E-state index in [2.05, 4.69) is 34.7 Å². The van der Waals surface area contributed by atoms with Crippen LogP contribution in [0.1, 0.15) is 13.8 Å². The predicted molar refractivity (Wildman–Crippen MR) is 70.7 cm³/mol. The summed E-state index contributed by atoms with van der Waals surface area (Å²) < 4.78 is 0.948. The van der Waals surface area contributed by atoms with Gasteiger partial charge in [-0.1, -0.05) is 30.0 Å². The first-order chi connectivity index (χ1) is 6.50. The molecule has 0 aliphatic heterocycles. The Kier molecular flexibility index (Phi) is 4.47. The fourth-order valence-electron chi connectivity index (χ4n) is 0.763. The standard InChI is InChI=1S/C11H13IOS/c1-11(2,13)10(12)8-14-9-6-4-3-5-7-9/h3-8,13H,1-2H3/b10-8+. The molecule has 3 heteroatoms. The van der Waals surface area contributed by atoms with Crippen molar-refractivity contribution in [3.63, 3.8) is 0 Å². The number of hydrogen-bond donors (Lipinski definition) is 1. The quantitative estimate of drug-likeness (QED) is 0.675. The summed E-state index contributed by atoms with van der Waals surface area (Å²) in [5.41, 5.74) is -0.734. The molecule has 0 saturated heterocycles. The van der Waals surface area contributed by atoms with Gasteiger partial charge in [0.05, 0.1) is 5.60 Å². The van der Waals surface area contributed by atoms with E-state index < -0.39 is 5.60 Å². The van der Waals surface area contributed by atoms with Crippen LogP contribution in [0.4, 0.5) is 0 Å². The van der Waals surface area contributed by atoms with Crippen LogP contribution < -0.4 is 0 Å². The van der Waals surface area contributed by atoms with Gasteiger partial charge in [-0.05, 0) is 54.0 Å². The van der Waals surface area contributed by atoms with Gasteiger partial charge in [0.2, 0.25) is 0 Å². The van der Waals surface area contributed by atoms with E-state index in [0.29, 0.717) is 0 Å². The maximum absolute atomic E-state index is 9.68. The van der Waals surface area contributed by atoms with Crippen LogP contribution >= 0.6 is 34.4 Å². The minimum atomic E-state index is -0.734. The second-order valence-corrected chi connectivity index (χ2v) is 5.56. The van der Waals surface area contributed by atoms with Gasteiger partial charge in [0.15, 0.2) is 0 Å². The summed E-state index contributed by atoms with van der Waals surface area (Å²) in [7, 11) is 0. The molecule has 0 aliphatic rings. The Morgan fingerprint density at radius 2 is 1.93 bits per heavy atom. The molecule has 0 aliphatic carbocycles. The van der Waals surface area contributed by atoms with E-state index in [4.69, 9.17) is 0 Å². The van der Waals surface area contributed by atoms with Crippen LogP contribution in [-0.4, -0.2) is 10.7 Å². The summed E-state index contributed by atoms with van der Waals surface area (Å²) in [5, 5.41) is 11.7. The predicted octanol–water partition coefficient (Wildman–Crippen LogP) is 3.83. The molecule has 0 unspecified atom stereocenters. The molecule has 0 atom stereocenters. The molecule has 1 N–H and O–H groups in total. The fourth-order valence-corrected chi connectivity index (χ4v) is 1.99. The second-order valence-electron chi connectivity index (χ2n) is 3.46. The van der Waals surface area contributed by atoms with Gasteiger partial charge in [-0.2, -0.15) is 0 Å². The van der Waals surface area contributed by atoms with Crippen molar-refractivity contribution >= 4 is 34.4 Å². The summed E-state index contributed by atoms with van der Waals surface area (Å²) in [4.78, 5) is 1.19. The number of rotatable bonds is 3. The number of benzene rings is 1. The molecule has 0 radical (unpaired) electrons. The molecule has 0 fully saturated rings. The minimum absolute atomic E-state index is 0.734. The van der Waals surface area contributed by atoms with Crippen LogP contribution in [0.5, 0.6) is 0 Å². The average molecular weight is 320 g/mol. The van der Waals surface area contributed by atoms with Crippen LogP contribution in [0.25, 0.3) is 0 Å². The monoisotopic (exact) mass is 320 g/mol. The first kappa shape index (κ1) is 12.1. The molecule has 0 heterocycles. The third kappa shape index (κ3) is 4.02. The molecular formula is C11H13IOS. The lowest BCUT2D eigenvalue weighted by atomic mass is 10.1. The van der Waals surface area contributed by atoms with E-state index in [0.717, 1.165) is 3.58 Å². The lowest BCUT2D eigenvalue weighted by Gasteiger charge is -2.15. The van der Waals surface area contributed by atoms with Crippen LogP contribution in [0.15, 0.2) is 44.2 Å². The number of aliphatic hydroxyl groups is 1. The van der Waals surface area contributed by atoms with E-state index in [9.17, 15) is 5.11 Å². The molecule has 0 amide bonds. The van der Waals surface area contributed by atoms with Crippen molar-refractivity contribution in [3.05, 3.63) is 39.3 Å². The molecule has 1 rings (SSSR count). The topological polar surface area (TPSA) is 20.2 Å². The fraction of sp³-hybridized carbons (Fsp3) is 0.273. The van der Waals surface area contributed by atoms with Crippen LogP contribution in [0, 0.1) is 0 Å². The van der Waals surface area contributed by atoms with Gasteiger partial charge < -0.3 is 5.11 Å². The lowest BCUT2D eigenvalue weighted by molar-refractivity contribution is 0.131. The smallest absolute Gasteiger partial charge is 0.0902 e. The minimum Gasteiger partial charge on any atom is -0.385 e. The largest absolute Gasteiger partial charge is 0.385 e. The first-order valence-corrected chi connectivity index (χ1v) is 6.26. The average Bonchev–Trinajstić information content (AvgIpc) is 2.14. The van der Waals surface area contributed by atoms with Crippen molar-refractivity contribution in [2.75, 3.05) is 0 Å². The van der Waals surface area contributed by atoms with E-state index in [-0.39, 0.29) is 0 Å². The number of halogens is 1. The van der Waals surface area contributed by atoms with Crippen LogP contribution in [0.2, 0.25) is 0 Å². The van der Waals surface area contributed by atoms with E-state index in [1.54, 1.807) is 25.6 Å². The van der Waals surface area contributed by atoms with Gasteiger partial charge in [0.25, 0.3) is 0 Å². The maximum atomic E-state index is 9.68. The molecule has 0 aromatic heterocycles. The highest BCUT2D eigenvalue weighted by Crippen LogP contribution is 2.28. The highest BCUT2D eigenvalue weighted by atomic mass is 127. The van der Waals surface area contributed by atoms with Gasteiger partial charge in [-0.3, -0.25) is 0 Å². The molecular weight excluding hydrogens is 307 g/mol.